The third-order valence-corrected chi connectivity index (χ3v) is 7.30. The number of aromatic amines is 1. The fourth-order valence-electron chi connectivity index (χ4n) is 4.83. The molecule has 2 heterocycles. The number of carbonyl (C=O) groups excluding carboxylic acids is 2. The molecule has 0 saturated heterocycles. The zero-order valence-electron chi connectivity index (χ0n) is 24.6. The SMILES string of the molecule is CCCCC#Cc1cc2c(c3ccccc13)NC(=O)CC(=O)N2c1cccc(-c2nc(=S)o[nH]2)c1.CCN(CC)CC. The number of benzene rings is 3. The van der Waals surface area contributed by atoms with E-state index >= 15 is 0 Å². The van der Waals surface area contributed by atoms with Crippen LogP contribution in [0, 0.1) is 16.7 Å². The third-order valence-electron chi connectivity index (χ3n) is 7.13. The van der Waals surface area contributed by atoms with Crippen molar-refractivity contribution in [2.45, 2.75) is 53.4 Å². The normalized spacial score (nSPS) is 12.6. The fraction of sp³-hybridized carbons (Fsp3) is 0.333. The first-order valence-corrected chi connectivity index (χ1v) is 14.9. The molecule has 9 heteroatoms. The average Bonchev–Trinajstić information content (AvgIpc) is 3.39. The Balaban J connectivity index is 0.000000517. The Morgan fingerprint density at radius 1 is 1.00 bits per heavy atom. The smallest absolute Gasteiger partial charge is 0.314 e. The van der Waals surface area contributed by atoms with Crippen LogP contribution in [0.2, 0.25) is 0 Å². The van der Waals surface area contributed by atoms with Crippen LogP contribution in [0.5, 0.6) is 0 Å². The van der Waals surface area contributed by atoms with Gasteiger partial charge in [-0.15, -0.1) is 0 Å². The Kier molecular flexibility index (Phi) is 10.7. The lowest BCUT2D eigenvalue weighted by Gasteiger charge is -2.24. The predicted molar refractivity (Wildman–Crippen MR) is 171 cm³/mol. The van der Waals surface area contributed by atoms with Crippen LogP contribution in [-0.2, 0) is 9.59 Å². The van der Waals surface area contributed by atoms with Gasteiger partial charge in [0.2, 0.25) is 11.8 Å². The summed E-state index contributed by atoms with van der Waals surface area (Å²) in [5.74, 6) is 6.30. The summed E-state index contributed by atoms with van der Waals surface area (Å²) in [6.07, 6.45) is 2.61. The predicted octanol–water partition coefficient (Wildman–Crippen LogP) is 7.45. The van der Waals surface area contributed by atoms with Crippen molar-refractivity contribution in [2.24, 2.45) is 0 Å². The summed E-state index contributed by atoms with van der Waals surface area (Å²) in [6, 6.07) is 16.9. The molecule has 0 aliphatic carbocycles. The summed E-state index contributed by atoms with van der Waals surface area (Å²) in [5.41, 5.74) is 3.25. The molecule has 1 aliphatic heterocycles. The number of aromatic nitrogens is 2. The van der Waals surface area contributed by atoms with Crippen LogP contribution in [0.1, 0.15) is 58.9 Å². The fourth-order valence-corrected chi connectivity index (χ4v) is 4.96. The molecule has 0 radical (unpaired) electrons. The minimum Gasteiger partial charge on any atom is -0.348 e. The van der Waals surface area contributed by atoms with Gasteiger partial charge in [-0.3, -0.25) is 14.5 Å². The van der Waals surface area contributed by atoms with Crippen LogP contribution in [0.3, 0.4) is 0 Å². The summed E-state index contributed by atoms with van der Waals surface area (Å²) in [5, 5.41) is 7.39. The zero-order chi connectivity index (χ0) is 30.1. The molecule has 0 atom stereocenters. The van der Waals surface area contributed by atoms with Crippen molar-refractivity contribution in [3.8, 4) is 23.2 Å². The largest absolute Gasteiger partial charge is 0.348 e. The molecular formula is C33H37N5O3S. The second-order valence-electron chi connectivity index (χ2n) is 9.82. The van der Waals surface area contributed by atoms with Gasteiger partial charge in [-0.05, 0) is 61.9 Å². The van der Waals surface area contributed by atoms with Crippen LogP contribution < -0.4 is 10.2 Å². The summed E-state index contributed by atoms with van der Waals surface area (Å²) in [7, 11) is 0. The number of nitrogens with zero attached hydrogens (tertiary/aromatic N) is 3. The van der Waals surface area contributed by atoms with Gasteiger partial charge in [0.1, 0.15) is 6.42 Å². The molecular weight excluding hydrogens is 546 g/mol. The molecule has 0 unspecified atom stereocenters. The summed E-state index contributed by atoms with van der Waals surface area (Å²) >= 11 is 4.97. The first-order chi connectivity index (χ1) is 20.4. The van der Waals surface area contributed by atoms with Crippen molar-refractivity contribution in [2.75, 3.05) is 29.9 Å². The van der Waals surface area contributed by atoms with Crippen LogP contribution in [0.15, 0.2) is 59.1 Å². The molecule has 8 nitrogen and oxygen atoms in total. The molecule has 0 spiro atoms. The Hall–Kier alpha value is -4.26. The highest BCUT2D eigenvalue weighted by Crippen LogP contribution is 2.42. The molecule has 4 aromatic rings. The topological polar surface area (TPSA) is 94.5 Å². The Labute approximate surface area is 252 Å². The molecule has 42 heavy (non-hydrogen) atoms. The lowest BCUT2D eigenvalue weighted by Crippen LogP contribution is -2.26. The molecule has 2 amide bonds. The van der Waals surface area contributed by atoms with E-state index in [0.717, 1.165) is 35.6 Å². The van der Waals surface area contributed by atoms with Crippen LogP contribution in [0.25, 0.3) is 22.2 Å². The van der Waals surface area contributed by atoms with Gasteiger partial charge in [-0.2, -0.15) is 4.98 Å². The van der Waals surface area contributed by atoms with E-state index in [1.807, 2.05) is 54.6 Å². The van der Waals surface area contributed by atoms with Crippen molar-refractivity contribution in [1.82, 2.24) is 15.0 Å². The molecule has 3 aromatic carbocycles. The number of nitrogens with one attached hydrogen (secondary N) is 2. The zero-order valence-corrected chi connectivity index (χ0v) is 25.4. The van der Waals surface area contributed by atoms with Gasteiger partial charge in [0.05, 0.1) is 11.4 Å². The first kappa shape index (κ1) is 30.7. The van der Waals surface area contributed by atoms with Gasteiger partial charge in [-0.1, -0.05) is 82.4 Å². The molecule has 0 bridgehead atoms. The number of rotatable bonds is 7. The van der Waals surface area contributed by atoms with Crippen molar-refractivity contribution in [1.29, 1.82) is 0 Å². The summed E-state index contributed by atoms with van der Waals surface area (Å²) in [4.78, 5) is 34.2. The lowest BCUT2D eigenvalue weighted by atomic mass is 10.00. The van der Waals surface area contributed by atoms with E-state index in [0.29, 0.717) is 28.5 Å². The van der Waals surface area contributed by atoms with Gasteiger partial charge in [0.25, 0.3) is 0 Å². The minimum absolute atomic E-state index is 0.0918. The van der Waals surface area contributed by atoms with E-state index in [4.69, 9.17) is 16.7 Å². The molecule has 0 fully saturated rings. The highest BCUT2D eigenvalue weighted by Gasteiger charge is 2.30. The number of fused-ring (bicyclic) bond motifs is 3. The Morgan fingerprint density at radius 3 is 2.38 bits per heavy atom. The van der Waals surface area contributed by atoms with Gasteiger partial charge < -0.3 is 14.7 Å². The highest BCUT2D eigenvalue weighted by molar-refractivity contribution is 7.71. The highest BCUT2D eigenvalue weighted by atomic mass is 32.1. The number of hydrogen-bond acceptors (Lipinski definition) is 6. The molecule has 2 N–H and O–H groups in total. The van der Waals surface area contributed by atoms with Crippen molar-refractivity contribution in [3.63, 3.8) is 0 Å². The molecule has 1 aliphatic rings. The number of unbranched alkanes of at least 4 members (excludes halogenated alkanes) is 2. The minimum atomic E-state index is -0.359. The quantitative estimate of drug-likeness (QED) is 0.102. The van der Waals surface area contributed by atoms with Crippen LogP contribution in [-0.4, -0.2) is 46.5 Å². The van der Waals surface area contributed by atoms with Crippen molar-refractivity contribution >= 4 is 51.9 Å². The monoisotopic (exact) mass is 583 g/mol. The van der Waals surface area contributed by atoms with E-state index < -0.39 is 0 Å². The first-order valence-electron chi connectivity index (χ1n) is 14.5. The van der Waals surface area contributed by atoms with E-state index in [1.54, 1.807) is 4.90 Å². The Bertz CT molecular complexity index is 1670. The number of hydrogen-bond donors (Lipinski definition) is 2. The Morgan fingerprint density at radius 2 is 1.74 bits per heavy atom. The van der Waals surface area contributed by atoms with E-state index in [2.05, 4.69) is 59.9 Å². The van der Waals surface area contributed by atoms with Gasteiger partial charge in [0, 0.05) is 28.6 Å². The molecule has 0 saturated carbocycles. The summed E-state index contributed by atoms with van der Waals surface area (Å²) in [6.45, 7) is 12.3. The molecule has 218 valence electrons. The van der Waals surface area contributed by atoms with Gasteiger partial charge >= 0.3 is 4.84 Å². The standard InChI is InChI=1S/C27H22N4O3S.C6H15N/c1-2-3-4-5-9-17-15-22-25(21-13-7-6-12-20(17)21)28-23(32)16-24(33)31(22)19-11-8-10-18(14-19)26-29-27(35)34-30-26;1-4-7(5-2)6-3/h6-8,10-15H,2-4,16H2,1H3,(H,28,32)(H,29,30,35);4-6H2,1-3H3. The maximum Gasteiger partial charge on any atom is 0.314 e. The average molecular weight is 584 g/mol. The van der Waals surface area contributed by atoms with E-state index in [9.17, 15) is 9.59 Å². The second-order valence-corrected chi connectivity index (χ2v) is 10.2. The van der Waals surface area contributed by atoms with E-state index in [-0.39, 0.29) is 23.1 Å². The number of amides is 2. The van der Waals surface area contributed by atoms with E-state index in [1.165, 1.54) is 19.6 Å². The van der Waals surface area contributed by atoms with Gasteiger partial charge in [0.15, 0.2) is 5.82 Å². The summed E-state index contributed by atoms with van der Waals surface area (Å²) < 4.78 is 5.06. The number of H-pyrrole nitrogens is 1. The van der Waals surface area contributed by atoms with Crippen LogP contribution >= 0.6 is 12.2 Å². The van der Waals surface area contributed by atoms with Crippen molar-refractivity contribution in [3.05, 3.63) is 65.0 Å². The second kappa shape index (κ2) is 14.6. The lowest BCUT2D eigenvalue weighted by molar-refractivity contribution is -0.124. The number of anilines is 3. The van der Waals surface area contributed by atoms with Gasteiger partial charge in [-0.25, -0.2) is 5.16 Å². The third kappa shape index (κ3) is 7.14. The maximum atomic E-state index is 13.4. The molecule has 1 aromatic heterocycles. The maximum absolute atomic E-state index is 13.4. The van der Waals surface area contributed by atoms with Crippen LogP contribution in [0.4, 0.5) is 17.1 Å². The number of carbonyl (C=O) groups is 2. The molecule has 5 rings (SSSR count). The van der Waals surface area contributed by atoms with Crippen molar-refractivity contribution < 1.29 is 14.1 Å².